The van der Waals surface area contributed by atoms with E-state index in [4.69, 9.17) is 9.84 Å². The highest BCUT2D eigenvalue weighted by molar-refractivity contribution is 7.98. The second-order valence-corrected chi connectivity index (χ2v) is 10.4. The van der Waals surface area contributed by atoms with Gasteiger partial charge in [-0.15, -0.1) is 23.1 Å². The van der Waals surface area contributed by atoms with Crippen molar-refractivity contribution in [2.45, 2.75) is 29.4 Å². The first kappa shape index (κ1) is 28.5. The first-order chi connectivity index (χ1) is 18.4. The van der Waals surface area contributed by atoms with Gasteiger partial charge < -0.3 is 9.84 Å². The minimum Gasteiger partial charge on any atom is -0.481 e. The number of thiazole rings is 1. The van der Waals surface area contributed by atoms with Gasteiger partial charge >= 0.3 is 18.3 Å². The molecule has 12 heteroatoms. The molecule has 4 nitrogen and oxygen atoms in total. The van der Waals surface area contributed by atoms with E-state index in [2.05, 4.69) is 4.98 Å². The van der Waals surface area contributed by atoms with Crippen molar-refractivity contribution in [3.63, 3.8) is 0 Å². The van der Waals surface area contributed by atoms with E-state index in [9.17, 15) is 31.1 Å². The Balaban J connectivity index is 1.61. The largest absolute Gasteiger partial charge is 0.481 e. The predicted octanol–water partition coefficient (Wildman–Crippen LogP) is 8.19. The Morgan fingerprint density at radius 3 is 2.23 bits per heavy atom. The number of hydrogen-bond donors (Lipinski definition) is 1. The van der Waals surface area contributed by atoms with Gasteiger partial charge in [0.1, 0.15) is 10.8 Å². The van der Waals surface area contributed by atoms with Crippen LogP contribution in [0.25, 0.3) is 10.6 Å². The topological polar surface area (TPSA) is 59.4 Å². The van der Waals surface area contributed by atoms with Crippen molar-refractivity contribution in [2.24, 2.45) is 0 Å². The van der Waals surface area contributed by atoms with E-state index in [1.807, 2.05) is 30.3 Å². The van der Waals surface area contributed by atoms with Crippen molar-refractivity contribution in [2.75, 3.05) is 6.61 Å². The molecule has 0 saturated carbocycles. The van der Waals surface area contributed by atoms with Crippen molar-refractivity contribution in [3.8, 4) is 16.3 Å². The minimum absolute atomic E-state index is 0.257. The van der Waals surface area contributed by atoms with Crippen molar-refractivity contribution < 1.29 is 41.0 Å². The second-order valence-electron chi connectivity index (χ2n) is 8.25. The molecule has 0 unspecified atom stereocenters. The Hall–Kier alpha value is -3.51. The molecule has 0 saturated heterocycles. The summed E-state index contributed by atoms with van der Waals surface area (Å²) in [6.07, 6.45) is -8.79. The molecule has 0 aliphatic rings. The Labute approximate surface area is 227 Å². The molecule has 0 spiro atoms. The Morgan fingerprint density at radius 1 is 0.923 bits per heavy atom. The van der Waals surface area contributed by atoms with Gasteiger partial charge in [-0.1, -0.05) is 42.5 Å². The normalized spacial score (nSPS) is 11.9. The Kier molecular flexibility index (Phi) is 8.55. The highest BCUT2D eigenvalue weighted by Gasteiger charge is 2.35. The fourth-order valence-corrected chi connectivity index (χ4v) is 5.70. The lowest BCUT2D eigenvalue weighted by Gasteiger charge is -2.14. The molecular weight excluding hydrogens is 564 g/mol. The van der Waals surface area contributed by atoms with Crippen LogP contribution in [0.5, 0.6) is 5.75 Å². The standard InChI is InChI=1S/C27H19F6NO3S2/c28-26(29,30)18-8-6-17(7-9-18)25-34-21(12-16-4-2-1-3-5-16)23(39-25)15-38-19-10-11-22(37-14-24(35)36)20(13-19)27(31,32)33/h1-11,13H,12,14-15H2,(H,35,36). The second kappa shape index (κ2) is 11.7. The number of carboxylic acids is 1. The monoisotopic (exact) mass is 583 g/mol. The zero-order chi connectivity index (χ0) is 28.2. The zero-order valence-corrected chi connectivity index (χ0v) is 21.5. The van der Waals surface area contributed by atoms with E-state index in [1.54, 1.807) is 0 Å². The summed E-state index contributed by atoms with van der Waals surface area (Å²) in [7, 11) is 0. The summed E-state index contributed by atoms with van der Waals surface area (Å²) in [5, 5.41) is 9.23. The number of carbonyl (C=O) groups is 1. The van der Waals surface area contributed by atoms with Crippen LogP contribution < -0.4 is 4.74 Å². The van der Waals surface area contributed by atoms with Crippen LogP contribution in [-0.4, -0.2) is 22.7 Å². The molecular formula is C27H19F6NO3S2. The third-order valence-corrected chi connectivity index (χ3v) is 7.78. The molecule has 0 radical (unpaired) electrons. The van der Waals surface area contributed by atoms with Gasteiger partial charge in [0.25, 0.3) is 0 Å². The van der Waals surface area contributed by atoms with Crippen molar-refractivity contribution in [1.82, 2.24) is 4.98 Å². The van der Waals surface area contributed by atoms with Crippen LogP contribution in [0.4, 0.5) is 26.3 Å². The lowest BCUT2D eigenvalue weighted by atomic mass is 10.1. The Bertz CT molecular complexity index is 1430. The molecule has 1 heterocycles. The summed E-state index contributed by atoms with van der Waals surface area (Å²) in [6.45, 7) is -0.911. The molecule has 0 atom stereocenters. The van der Waals surface area contributed by atoms with Crippen LogP contribution in [0.3, 0.4) is 0 Å². The van der Waals surface area contributed by atoms with Crippen LogP contribution in [0.2, 0.25) is 0 Å². The highest BCUT2D eigenvalue weighted by Crippen LogP contribution is 2.40. The number of carboxylic acid groups (broad SMARTS) is 1. The molecule has 39 heavy (non-hydrogen) atoms. The summed E-state index contributed by atoms with van der Waals surface area (Å²) < 4.78 is 84.5. The zero-order valence-electron chi connectivity index (χ0n) is 19.8. The minimum atomic E-state index is -4.76. The average molecular weight is 584 g/mol. The number of thioether (sulfide) groups is 1. The first-order valence-corrected chi connectivity index (χ1v) is 13.1. The van der Waals surface area contributed by atoms with Gasteiger partial charge in [-0.2, -0.15) is 26.3 Å². The molecule has 0 aliphatic carbocycles. The predicted molar refractivity (Wildman–Crippen MR) is 136 cm³/mol. The van der Waals surface area contributed by atoms with Crippen molar-refractivity contribution in [1.29, 1.82) is 0 Å². The number of benzene rings is 3. The van der Waals surface area contributed by atoms with E-state index >= 15 is 0 Å². The summed E-state index contributed by atoms with van der Waals surface area (Å²) in [5.41, 5.74) is 0.253. The van der Waals surface area contributed by atoms with Gasteiger partial charge in [-0.05, 0) is 35.9 Å². The Morgan fingerprint density at radius 2 is 1.62 bits per heavy atom. The lowest BCUT2D eigenvalue weighted by molar-refractivity contribution is -0.143. The molecule has 1 N–H and O–H groups in total. The number of halogens is 6. The van der Waals surface area contributed by atoms with Crippen LogP contribution in [0, 0.1) is 0 Å². The first-order valence-electron chi connectivity index (χ1n) is 11.3. The summed E-state index contributed by atoms with van der Waals surface area (Å²) in [6, 6.07) is 17.4. The fourth-order valence-electron chi connectivity index (χ4n) is 3.58. The van der Waals surface area contributed by atoms with Gasteiger partial charge in [-0.25, -0.2) is 9.78 Å². The van der Waals surface area contributed by atoms with Crippen LogP contribution in [0.15, 0.2) is 77.7 Å². The van der Waals surface area contributed by atoms with Gasteiger partial charge in [0.05, 0.1) is 16.8 Å². The molecule has 0 fully saturated rings. The maximum Gasteiger partial charge on any atom is 0.420 e. The fraction of sp³-hybridized carbons (Fsp3) is 0.185. The number of ether oxygens (including phenoxy) is 1. The van der Waals surface area contributed by atoms with Crippen LogP contribution in [0.1, 0.15) is 27.3 Å². The van der Waals surface area contributed by atoms with Gasteiger partial charge in [0.2, 0.25) is 0 Å². The molecule has 204 valence electrons. The quantitative estimate of drug-likeness (QED) is 0.159. The van der Waals surface area contributed by atoms with E-state index in [1.165, 1.54) is 29.5 Å². The van der Waals surface area contributed by atoms with E-state index < -0.39 is 41.8 Å². The molecule has 0 aliphatic heterocycles. The van der Waals surface area contributed by atoms with Gasteiger partial charge in [-0.3, -0.25) is 0 Å². The van der Waals surface area contributed by atoms with Crippen LogP contribution in [-0.2, 0) is 29.3 Å². The number of aliphatic carboxylic acids is 1. The SMILES string of the molecule is O=C(O)COc1ccc(SCc2sc(-c3ccc(C(F)(F)F)cc3)nc2Cc2ccccc2)cc1C(F)(F)F. The molecule has 4 aromatic rings. The van der Waals surface area contributed by atoms with E-state index in [-0.39, 0.29) is 10.6 Å². The van der Waals surface area contributed by atoms with Crippen molar-refractivity contribution in [3.05, 3.63) is 100 Å². The lowest BCUT2D eigenvalue weighted by Crippen LogP contribution is -2.14. The molecule has 1 aromatic heterocycles. The number of aromatic nitrogens is 1. The maximum atomic E-state index is 13.6. The number of alkyl halides is 6. The van der Waals surface area contributed by atoms with Gasteiger partial charge in [0.15, 0.2) is 6.61 Å². The number of nitrogens with zero attached hydrogens (tertiary/aromatic N) is 1. The van der Waals surface area contributed by atoms with E-state index in [0.29, 0.717) is 22.7 Å². The molecule has 4 rings (SSSR count). The molecule has 3 aromatic carbocycles. The van der Waals surface area contributed by atoms with E-state index in [0.717, 1.165) is 46.5 Å². The third-order valence-electron chi connectivity index (χ3n) is 5.43. The highest BCUT2D eigenvalue weighted by atomic mass is 32.2. The van der Waals surface area contributed by atoms with Crippen LogP contribution >= 0.6 is 23.1 Å². The summed E-state index contributed by atoms with van der Waals surface area (Å²) >= 11 is 2.39. The smallest absolute Gasteiger partial charge is 0.420 e. The summed E-state index contributed by atoms with van der Waals surface area (Å²) in [4.78, 5) is 16.4. The number of hydrogen-bond acceptors (Lipinski definition) is 5. The number of rotatable bonds is 9. The van der Waals surface area contributed by atoms with Gasteiger partial charge in [0, 0.05) is 27.5 Å². The summed E-state index contributed by atoms with van der Waals surface area (Å²) in [5.74, 6) is -1.73. The molecule has 0 bridgehead atoms. The average Bonchev–Trinajstić information content (AvgIpc) is 3.28. The maximum absolute atomic E-state index is 13.6. The molecule has 0 amide bonds. The van der Waals surface area contributed by atoms with Crippen molar-refractivity contribution >= 4 is 29.1 Å². The third kappa shape index (κ3) is 7.54.